The molecule has 0 aliphatic heterocycles. The van der Waals surface area contributed by atoms with Gasteiger partial charge in [0.05, 0.1) is 30.2 Å². The molecule has 0 unspecified atom stereocenters. The van der Waals surface area contributed by atoms with Crippen LogP contribution in [0.2, 0.25) is 0 Å². The molecule has 20 heavy (non-hydrogen) atoms. The highest BCUT2D eigenvalue weighted by Gasteiger charge is 2.30. The molecule has 0 atom stereocenters. The smallest absolute Gasteiger partial charge is 0.304 e. The second kappa shape index (κ2) is 5.91. The van der Waals surface area contributed by atoms with Crippen LogP contribution < -0.4 is 5.32 Å². The second-order valence-corrected chi connectivity index (χ2v) is 3.96. The number of rotatable bonds is 4. The Morgan fingerprint density at radius 2 is 1.65 bits per heavy atom. The highest BCUT2D eigenvalue weighted by Crippen LogP contribution is 2.28. The zero-order valence-corrected chi connectivity index (χ0v) is 10.2. The summed E-state index contributed by atoms with van der Waals surface area (Å²) in [4.78, 5) is 11.2. The van der Waals surface area contributed by atoms with E-state index >= 15 is 0 Å². The van der Waals surface area contributed by atoms with Crippen molar-refractivity contribution in [3.8, 4) is 0 Å². The van der Waals surface area contributed by atoms with Gasteiger partial charge in [-0.15, -0.1) is 0 Å². The second-order valence-electron chi connectivity index (χ2n) is 3.96. The first-order valence-electron chi connectivity index (χ1n) is 5.64. The fourth-order valence-corrected chi connectivity index (χ4v) is 1.43. The lowest BCUT2D eigenvalue weighted by Crippen LogP contribution is -2.16. The van der Waals surface area contributed by atoms with Crippen molar-refractivity contribution < 1.29 is 17.6 Å². The maximum atomic E-state index is 12.6. The highest BCUT2D eigenvalue weighted by atomic mass is 19.4. The molecule has 0 aromatic carbocycles. The Morgan fingerprint density at radius 1 is 0.950 bits per heavy atom. The molecular weight excluding hydrogens is 276 g/mol. The molecule has 0 saturated heterocycles. The van der Waals surface area contributed by atoms with Crippen molar-refractivity contribution in [3.63, 3.8) is 0 Å². The zero-order chi connectivity index (χ0) is 14.6. The van der Waals surface area contributed by atoms with Gasteiger partial charge in [-0.05, 0) is 12.1 Å². The summed E-state index contributed by atoms with van der Waals surface area (Å²) in [6.45, 7) is 0.530. The Kier molecular flexibility index (Phi) is 4.23. The van der Waals surface area contributed by atoms with Gasteiger partial charge in [-0.3, -0.25) is 4.98 Å². The van der Waals surface area contributed by atoms with Gasteiger partial charge in [0.1, 0.15) is 5.82 Å². The highest BCUT2D eigenvalue weighted by molar-refractivity contribution is 5.16. The summed E-state index contributed by atoms with van der Waals surface area (Å²) in [6.07, 6.45) is -1.52. The summed E-state index contributed by atoms with van der Waals surface area (Å²) < 4.78 is 49.5. The number of alkyl halides is 3. The van der Waals surface area contributed by atoms with E-state index < -0.39 is 17.6 Å². The van der Waals surface area contributed by atoms with Gasteiger partial charge >= 0.3 is 6.18 Å². The van der Waals surface area contributed by atoms with E-state index in [0.717, 1.165) is 24.7 Å². The third kappa shape index (κ3) is 3.95. The van der Waals surface area contributed by atoms with Crippen LogP contribution >= 0.6 is 0 Å². The molecule has 2 rings (SSSR count). The number of aromatic nitrogens is 3. The zero-order valence-electron chi connectivity index (χ0n) is 10.2. The van der Waals surface area contributed by atoms with E-state index in [1.54, 1.807) is 0 Å². The Balaban J connectivity index is 1.87. The first-order valence-corrected chi connectivity index (χ1v) is 5.64. The van der Waals surface area contributed by atoms with E-state index in [1.807, 2.05) is 0 Å². The van der Waals surface area contributed by atoms with E-state index in [9.17, 15) is 17.6 Å². The first-order chi connectivity index (χ1) is 9.45. The van der Waals surface area contributed by atoms with Gasteiger partial charge in [-0.25, -0.2) is 14.4 Å². The van der Waals surface area contributed by atoms with Crippen LogP contribution in [0.25, 0.3) is 0 Å². The van der Waals surface area contributed by atoms with Crippen molar-refractivity contribution in [2.24, 2.45) is 0 Å². The lowest BCUT2D eigenvalue weighted by atomic mass is 10.2. The van der Waals surface area contributed by atoms with E-state index in [-0.39, 0.29) is 13.1 Å². The number of hydrogen-bond donors (Lipinski definition) is 1. The lowest BCUT2D eigenvalue weighted by molar-refractivity contribution is -0.137. The molecule has 2 aromatic rings. The van der Waals surface area contributed by atoms with Crippen molar-refractivity contribution in [1.29, 1.82) is 0 Å². The molecule has 4 nitrogen and oxygen atoms in total. The van der Waals surface area contributed by atoms with Crippen molar-refractivity contribution in [2.75, 3.05) is 0 Å². The van der Waals surface area contributed by atoms with Gasteiger partial charge in [-0.1, -0.05) is 0 Å². The Bertz CT molecular complexity index is 551. The molecular formula is C12H10F4N4. The van der Waals surface area contributed by atoms with Gasteiger partial charge in [-0.2, -0.15) is 13.2 Å². The Hall–Kier alpha value is -2.09. The molecule has 0 amide bonds. The summed E-state index contributed by atoms with van der Waals surface area (Å²) in [5.41, 5.74) is -0.330. The fraction of sp³-hybridized carbons (Fsp3) is 0.250. The van der Waals surface area contributed by atoms with Gasteiger partial charge < -0.3 is 5.32 Å². The summed E-state index contributed by atoms with van der Waals surface area (Å²) in [5.74, 6) is -0.142. The van der Waals surface area contributed by atoms with Crippen LogP contribution in [0.3, 0.4) is 0 Å². The van der Waals surface area contributed by atoms with E-state index in [4.69, 9.17) is 0 Å². The molecule has 0 radical (unpaired) electrons. The summed E-state index contributed by atoms with van der Waals surface area (Å²) in [6, 6.07) is 2.26. The molecule has 1 N–H and O–H groups in total. The summed E-state index contributed by atoms with van der Waals surface area (Å²) in [7, 11) is 0. The predicted molar refractivity (Wildman–Crippen MR) is 61.8 cm³/mol. The van der Waals surface area contributed by atoms with Gasteiger partial charge in [0.15, 0.2) is 5.82 Å². The topological polar surface area (TPSA) is 50.7 Å². The van der Waals surface area contributed by atoms with Crippen LogP contribution in [0.15, 0.2) is 30.7 Å². The van der Waals surface area contributed by atoms with E-state index in [2.05, 4.69) is 20.3 Å². The van der Waals surface area contributed by atoms with Crippen LogP contribution in [0.5, 0.6) is 0 Å². The largest absolute Gasteiger partial charge is 0.417 e. The molecule has 0 fully saturated rings. The number of nitrogens with one attached hydrogen (secondary N) is 1. The Labute approximate surface area is 111 Å². The lowest BCUT2D eigenvalue weighted by Gasteiger charge is -2.07. The van der Waals surface area contributed by atoms with Crippen LogP contribution in [-0.2, 0) is 19.3 Å². The molecule has 0 saturated carbocycles. The number of halogens is 4. The van der Waals surface area contributed by atoms with Crippen molar-refractivity contribution >= 4 is 0 Å². The van der Waals surface area contributed by atoms with Crippen molar-refractivity contribution in [2.45, 2.75) is 19.3 Å². The Morgan fingerprint density at radius 3 is 2.20 bits per heavy atom. The normalized spacial score (nSPS) is 11.6. The SMILES string of the molecule is Fc1cnc(CNCc2ccc(C(F)(F)F)cn2)nc1. The molecule has 0 aliphatic rings. The monoisotopic (exact) mass is 286 g/mol. The van der Waals surface area contributed by atoms with E-state index in [0.29, 0.717) is 11.5 Å². The summed E-state index contributed by atoms with van der Waals surface area (Å²) in [5, 5.41) is 2.90. The van der Waals surface area contributed by atoms with Gasteiger partial charge in [0, 0.05) is 12.7 Å². The van der Waals surface area contributed by atoms with Crippen molar-refractivity contribution in [3.05, 3.63) is 53.6 Å². The predicted octanol–water partition coefficient (Wildman–Crippen LogP) is 2.32. The standard InChI is InChI=1S/C12H10F4N4/c13-9-4-19-11(20-5-9)7-17-6-10-2-1-8(3-18-10)12(14,15)16/h1-5,17H,6-7H2. The summed E-state index contributed by atoms with van der Waals surface area (Å²) >= 11 is 0. The quantitative estimate of drug-likeness (QED) is 0.876. The number of hydrogen-bond acceptors (Lipinski definition) is 4. The first kappa shape index (κ1) is 14.3. The number of pyridine rings is 1. The molecule has 0 bridgehead atoms. The van der Waals surface area contributed by atoms with Crippen LogP contribution in [-0.4, -0.2) is 15.0 Å². The van der Waals surface area contributed by atoms with Crippen LogP contribution in [0.1, 0.15) is 17.1 Å². The third-order valence-electron chi connectivity index (χ3n) is 2.42. The minimum atomic E-state index is -4.39. The van der Waals surface area contributed by atoms with Crippen LogP contribution in [0.4, 0.5) is 17.6 Å². The molecule has 8 heteroatoms. The third-order valence-corrected chi connectivity index (χ3v) is 2.42. The average molecular weight is 286 g/mol. The van der Waals surface area contributed by atoms with Crippen LogP contribution in [0, 0.1) is 5.82 Å². The maximum absolute atomic E-state index is 12.6. The average Bonchev–Trinajstić information content (AvgIpc) is 2.41. The molecule has 0 aliphatic carbocycles. The maximum Gasteiger partial charge on any atom is 0.417 e. The molecule has 2 aromatic heterocycles. The minimum Gasteiger partial charge on any atom is -0.304 e. The molecule has 0 spiro atoms. The number of nitrogens with zero attached hydrogens (tertiary/aromatic N) is 3. The molecule has 2 heterocycles. The van der Waals surface area contributed by atoms with E-state index in [1.165, 1.54) is 6.07 Å². The van der Waals surface area contributed by atoms with Crippen molar-refractivity contribution in [1.82, 2.24) is 20.3 Å². The fourth-order valence-electron chi connectivity index (χ4n) is 1.43. The van der Waals surface area contributed by atoms with Gasteiger partial charge in [0.2, 0.25) is 0 Å². The molecule has 106 valence electrons. The van der Waals surface area contributed by atoms with Gasteiger partial charge in [0.25, 0.3) is 0 Å². The minimum absolute atomic E-state index is 0.263.